The fraction of sp³-hybridized carbons (Fsp3) is 0.300. The molecule has 5 nitrogen and oxygen atoms in total. The topological polar surface area (TPSA) is 63.1 Å². The van der Waals surface area contributed by atoms with Gasteiger partial charge in [-0.05, 0) is 63.5 Å². The Morgan fingerprint density at radius 1 is 1.08 bits per heavy atom. The predicted molar refractivity (Wildman–Crippen MR) is 98.0 cm³/mol. The maximum atomic E-state index is 12.0. The lowest BCUT2D eigenvalue weighted by Gasteiger charge is -2.07. The fourth-order valence-corrected chi connectivity index (χ4v) is 2.97. The van der Waals surface area contributed by atoms with Crippen molar-refractivity contribution in [2.45, 2.75) is 39.7 Å². The fourth-order valence-electron chi connectivity index (χ4n) is 2.97. The van der Waals surface area contributed by atoms with E-state index in [0.717, 1.165) is 11.1 Å². The van der Waals surface area contributed by atoms with Gasteiger partial charge in [-0.3, -0.25) is 20.4 Å². The summed E-state index contributed by atoms with van der Waals surface area (Å²) in [6.07, 6.45) is 5.68. The molecule has 0 bridgehead atoms. The summed E-state index contributed by atoms with van der Waals surface area (Å²) in [5, 5.41) is 0. The van der Waals surface area contributed by atoms with E-state index in [1.807, 2.05) is 19.1 Å². The molecule has 1 aliphatic rings. The van der Waals surface area contributed by atoms with Crippen molar-refractivity contribution in [1.82, 2.24) is 15.4 Å². The van der Waals surface area contributed by atoms with Crippen molar-refractivity contribution < 1.29 is 9.59 Å². The maximum absolute atomic E-state index is 12.0. The number of aryl methyl sites for hydroxylation is 2. The number of hydrogen-bond acceptors (Lipinski definition) is 2. The van der Waals surface area contributed by atoms with Crippen LogP contribution >= 0.6 is 0 Å². The molecule has 0 saturated heterocycles. The lowest BCUT2D eigenvalue weighted by molar-refractivity contribution is -0.117. The molecule has 25 heavy (non-hydrogen) atoms. The van der Waals surface area contributed by atoms with E-state index in [9.17, 15) is 9.59 Å². The Bertz CT molecular complexity index is 827. The van der Waals surface area contributed by atoms with Gasteiger partial charge < -0.3 is 4.57 Å². The molecule has 0 unspecified atom stereocenters. The third-order valence-corrected chi connectivity index (χ3v) is 4.46. The van der Waals surface area contributed by atoms with Crippen LogP contribution in [0.2, 0.25) is 0 Å². The van der Waals surface area contributed by atoms with E-state index in [1.54, 1.807) is 18.2 Å². The highest BCUT2D eigenvalue weighted by molar-refractivity contribution is 5.98. The first-order valence-corrected chi connectivity index (χ1v) is 8.49. The number of hydrazine groups is 1. The van der Waals surface area contributed by atoms with Crippen LogP contribution < -0.4 is 10.9 Å². The van der Waals surface area contributed by atoms with Crippen LogP contribution in [0.5, 0.6) is 0 Å². The largest absolute Gasteiger partial charge is 0.346 e. The minimum atomic E-state index is -0.364. The highest BCUT2D eigenvalue weighted by atomic mass is 16.2. The Kier molecular flexibility index (Phi) is 4.74. The molecule has 2 aromatic rings. The number of hydrogen-bond donors (Lipinski definition) is 2. The number of amides is 2. The van der Waals surface area contributed by atoms with Gasteiger partial charge in [-0.2, -0.15) is 0 Å². The van der Waals surface area contributed by atoms with Crippen molar-refractivity contribution >= 4 is 17.9 Å². The first-order chi connectivity index (χ1) is 12.0. The predicted octanol–water partition coefficient (Wildman–Crippen LogP) is 3.22. The van der Waals surface area contributed by atoms with Crippen LogP contribution in [0, 0.1) is 20.8 Å². The van der Waals surface area contributed by atoms with E-state index in [-0.39, 0.29) is 11.8 Å². The summed E-state index contributed by atoms with van der Waals surface area (Å²) in [5.41, 5.74) is 9.83. The molecule has 2 amide bonds. The molecule has 1 aromatic carbocycles. The van der Waals surface area contributed by atoms with Crippen LogP contribution in [0.3, 0.4) is 0 Å². The van der Waals surface area contributed by atoms with Crippen molar-refractivity contribution in [3.63, 3.8) is 0 Å². The van der Waals surface area contributed by atoms with Crippen molar-refractivity contribution in [2.24, 2.45) is 0 Å². The summed E-state index contributed by atoms with van der Waals surface area (Å²) in [7, 11) is 0. The molecule has 130 valence electrons. The van der Waals surface area contributed by atoms with Crippen LogP contribution in [0.15, 0.2) is 36.4 Å². The van der Waals surface area contributed by atoms with Gasteiger partial charge in [0, 0.05) is 29.1 Å². The molecule has 1 heterocycles. The quantitative estimate of drug-likeness (QED) is 0.665. The molecule has 5 heteroatoms. The number of aromatic nitrogens is 1. The zero-order chi connectivity index (χ0) is 18.0. The van der Waals surface area contributed by atoms with Crippen LogP contribution in [0.1, 0.15) is 51.8 Å². The molecule has 3 rings (SSSR count). The second-order valence-corrected chi connectivity index (χ2v) is 6.57. The number of rotatable bonds is 4. The third-order valence-electron chi connectivity index (χ3n) is 4.46. The summed E-state index contributed by atoms with van der Waals surface area (Å²) in [6.45, 7) is 6.11. The molecule has 1 aliphatic carbocycles. The minimum absolute atomic E-state index is 0.339. The number of nitrogens with zero attached hydrogens (tertiary/aromatic N) is 1. The average molecular weight is 337 g/mol. The number of carbonyl (C=O) groups is 2. The Labute approximate surface area is 147 Å². The minimum Gasteiger partial charge on any atom is -0.346 e. The van der Waals surface area contributed by atoms with Gasteiger partial charge in [-0.15, -0.1) is 0 Å². The third kappa shape index (κ3) is 3.99. The van der Waals surface area contributed by atoms with Crippen molar-refractivity contribution in [1.29, 1.82) is 0 Å². The van der Waals surface area contributed by atoms with Gasteiger partial charge in [0.05, 0.1) is 0 Å². The standard InChI is InChI=1S/C20H23N3O2/c1-13-4-6-16(7-5-13)20(25)22-21-19(24)11-8-17-12-14(2)23(15(17)3)18-9-10-18/h4-8,11-12,18H,9-10H2,1-3H3,(H,21,24)(H,22,25)/b11-8+. The molecular weight excluding hydrogens is 314 g/mol. The smallest absolute Gasteiger partial charge is 0.269 e. The second-order valence-electron chi connectivity index (χ2n) is 6.57. The second kappa shape index (κ2) is 6.97. The van der Waals surface area contributed by atoms with Crippen molar-refractivity contribution in [3.05, 3.63) is 64.5 Å². The SMILES string of the molecule is Cc1ccc(C(=O)NNC(=O)/C=C/c2cc(C)n(C3CC3)c2C)cc1. The molecular formula is C20H23N3O2. The maximum Gasteiger partial charge on any atom is 0.269 e. The monoisotopic (exact) mass is 337 g/mol. The zero-order valence-electron chi connectivity index (χ0n) is 14.8. The van der Waals surface area contributed by atoms with E-state index in [0.29, 0.717) is 11.6 Å². The molecule has 0 aliphatic heterocycles. The summed E-state index contributed by atoms with van der Waals surface area (Å²) in [4.78, 5) is 23.9. The van der Waals surface area contributed by atoms with Crippen molar-refractivity contribution in [2.75, 3.05) is 0 Å². The summed E-state index contributed by atoms with van der Waals surface area (Å²) in [5.74, 6) is -0.703. The van der Waals surface area contributed by atoms with E-state index in [2.05, 4.69) is 35.3 Å². The Balaban J connectivity index is 1.57. The average Bonchev–Trinajstić information content (AvgIpc) is 3.37. The van der Waals surface area contributed by atoms with Gasteiger partial charge >= 0.3 is 0 Å². The van der Waals surface area contributed by atoms with Crippen LogP contribution in [-0.4, -0.2) is 16.4 Å². The lowest BCUT2D eigenvalue weighted by Crippen LogP contribution is -2.40. The molecule has 0 spiro atoms. The van der Waals surface area contributed by atoms with Crippen LogP contribution in [0.4, 0.5) is 0 Å². The first kappa shape index (κ1) is 17.0. The molecule has 1 aromatic heterocycles. The molecule has 0 radical (unpaired) electrons. The molecule has 1 saturated carbocycles. The first-order valence-electron chi connectivity index (χ1n) is 8.49. The van der Waals surface area contributed by atoms with Crippen molar-refractivity contribution in [3.8, 4) is 0 Å². The Morgan fingerprint density at radius 3 is 2.40 bits per heavy atom. The van der Waals surface area contributed by atoms with E-state index in [4.69, 9.17) is 0 Å². The van der Waals surface area contributed by atoms with Gasteiger partial charge in [-0.25, -0.2) is 0 Å². The lowest BCUT2D eigenvalue weighted by atomic mass is 10.1. The van der Waals surface area contributed by atoms with E-state index in [1.165, 1.54) is 30.3 Å². The number of nitrogens with one attached hydrogen (secondary N) is 2. The number of carbonyl (C=O) groups excluding carboxylic acids is 2. The number of benzene rings is 1. The molecule has 2 N–H and O–H groups in total. The Hall–Kier alpha value is -2.82. The summed E-state index contributed by atoms with van der Waals surface area (Å²) >= 11 is 0. The Morgan fingerprint density at radius 2 is 1.76 bits per heavy atom. The van der Waals surface area contributed by atoms with Gasteiger partial charge in [0.2, 0.25) is 0 Å². The van der Waals surface area contributed by atoms with Crippen LogP contribution in [-0.2, 0) is 4.79 Å². The molecule has 0 atom stereocenters. The highest BCUT2D eigenvalue weighted by Crippen LogP contribution is 2.38. The van der Waals surface area contributed by atoms with Crippen LogP contribution in [0.25, 0.3) is 6.08 Å². The zero-order valence-corrected chi connectivity index (χ0v) is 14.8. The van der Waals surface area contributed by atoms with Gasteiger partial charge in [0.25, 0.3) is 11.8 Å². The molecule has 1 fully saturated rings. The van der Waals surface area contributed by atoms with Gasteiger partial charge in [0.15, 0.2) is 0 Å². The summed E-state index contributed by atoms with van der Waals surface area (Å²) < 4.78 is 2.33. The van der Waals surface area contributed by atoms with E-state index >= 15 is 0 Å². The van der Waals surface area contributed by atoms with Gasteiger partial charge in [-0.1, -0.05) is 17.7 Å². The highest BCUT2D eigenvalue weighted by Gasteiger charge is 2.26. The normalized spacial score (nSPS) is 13.9. The van der Waals surface area contributed by atoms with E-state index < -0.39 is 0 Å². The summed E-state index contributed by atoms with van der Waals surface area (Å²) in [6, 6.07) is 9.85. The van der Waals surface area contributed by atoms with Gasteiger partial charge in [0.1, 0.15) is 0 Å².